The number of rotatable bonds is 5. The maximum Gasteiger partial charge on any atom is 0.522 e. The summed E-state index contributed by atoms with van der Waals surface area (Å²) in [5.41, 5.74) is 0. The smallest absolute Gasteiger partial charge is 0.310 e. The van der Waals surface area contributed by atoms with Crippen LogP contribution in [-0.2, 0) is 11.3 Å². The van der Waals surface area contributed by atoms with Crippen LogP contribution in [0.3, 0.4) is 0 Å². The molecule has 15 heavy (non-hydrogen) atoms. The van der Waals surface area contributed by atoms with E-state index in [-0.39, 0.29) is 13.2 Å². The quantitative estimate of drug-likeness (QED) is 0.844. The van der Waals surface area contributed by atoms with Gasteiger partial charge in [-0.15, -0.1) is 24.5 Å². The molecule has 0 aliphatic heterocycles. The largest absolute Gasteiger partial charge is 0.522 e. The molecule has 0 bridgehead atoms. The minimum absolute atomic E-state index is 0.176. The van der Waals surface area contributed by atoms with Crippen LogP contribution in [0, 0.1) is 0 Å². The van der Waals surface area contributed by atoms with E-state index in [1.165, 1.54) is 0 Å². The first kappa shape index (κ1) is 13.0. The van der Waals surface area contributed by atoms with E-state index in [1.807, 2.05) is 11.4 Å². The molecular formula is C8H9BrF3NOS. The Balaban J connectivity index is 2.07. The van der Waals surface area contributed by atoms with E-state index in [0.717, 1.165) is 9.35 Å². The predicted molar refractivity (Wildman–Crippen MR) is 55.7 cm³/mol. The molecular weight excluding hydrogens is 295 g/mol. The monoisotopic (exact) mass is 303 g/mol. The predicted octanol–water partition coefficient (Wildman–Crippen LogP) is 3.14. The van der Waals surface area contributed by atoms with Gasteiger partial charge >= 0.3 is 6.36 Å². The molecule has 0 spiro atoms. The van der Waals surface area contributed by atoms with Crippen LogP contribution < -0.4 is 5.32 Å². The van der Waals surface area contributed by atoms with E-state index in [4.69, 9.17) is 0 Å². The fourth-order valence-electron chi connectivity index (χ4n) is 0.897. The van der Waals surface area contributed by atoms with Gasteiger partial charge in [0.05, 0.1) is 6.61 Å². The van der Waals surface area contributed by atoms with Crippen LogP contribution in [0.4, 0.5) is 13.2 Å². The molecule has 0 atom stereocenters. The summed E-state index contributed by atoms with van der Waals surface area (Å²) in [6.45, 7) is 0.364. The molecule has 0 aliphatic carbocycles. The number of nitrogens with one attached hydrogen (secondary N) is 1. The summed E-state index contributed by atoms with van der Waals surface area (Å²) >= 11 is 4.83. The lowest BCUT2D eigenvalue weighted by Gasteiger charge is -2.07. The molecule has 0 aliphatic rings. The molecule has 1 N–H and O–H groups in total. The summed E-state index contributed by atoms with van der Waals surface area (Å²) in [6, 6.07) is 1.92. The fourth-order valence-corrected chi connectivity index (χ4v) is 2.32. The van der Waals surface area contributed by atoms with Gasteiger partial charge in [-0.1, -0.05) is 0 Å². The van der Waals surface area contributed by atoms with Gasteiger partial charge < -0.3 is 5.32 Å². The van der Waals surface area contributed by atoms with Crippen molar-refractivity contribution in [1.82, 2.24) is 5.32 Å². The van der Waals surface area contributed by atoms with Crippen molar-refractivity contribution < 1.29 is 17.9 Å². The average molecular weight is 304 g/mol. The first-order valence-corrected chi connectivity index (χ1v) is 5.79. The Labute approximate surface area is 97.6 Å². The molecule has 0 radical (unpaired) electrons. The van der Waals surface area contributed by atoms with Gasteiger partial charge in [-0.05, 0) is 22.0 Å². The maximum atomic E-state index is 11.6. The molecule has 7 heteroatoms. The lowest BCUT2D eigenvalue weighted by atomic mass is 10.4. The minimum Gasteiger partial charge on any atom is -0.310 e. The summed E-state index contributed by atoms with van der Waals surface area (Å²) in [5.74, 6) is 0. The van der Waals surface area contributed by atoms with Crippen LogP contribution in [-0.4, -0.2) is 19.5 Å². The Kier molecular flexibility index (Phi) is 5.04. The molecule has 1 rings (SSSR count). The fraction of sp³-hybridized carbons (Fsp3) is 0.500. The minimum atomic E-state index is -4.53. The number of ether oxygens (including phenoxy) is 1. The average Bonchev–Trinajstić information content (AvgIpc) is 2.49. The van der Waals surface area contributed by atoms with E-state index in [2.05, 4.69) is 26.0 Å². The Morgan fingerprint density at radius 1 is 1.47 bits per heavy atom. The molecule has 86 valence electrons. The number of thiophene rings is 1. The Morgan fingerprint density at radius 3 is 2.73 bits per heavy atom. The Hall–Kier alpha value is -0.110. The van der Waals surface area contributed by atoms with Crippen LogP contribution in [0.25, 0.3) is 0 Å². The summed E-state index contributed by atoms with van der Waals surface area (Å²) < 4.78 is 39.3. The summed E-state index contributed by atoms with van der Waals surface area (Å²) in [7, 11) is 0. The van der Waals surface area contributed by atoms with Crippen LogP contribution in [0.1, 0.15) is 4.88 Å². The van der Waals surface area contributed by atoms with Gasteiger partial charge in [0.1, 0.15) is 0 Å². The number of hydrogen-bond donors (Lipinski definition) is 1. The van der Waals surface area contributed by atoms with Gasteiger partial charge in [-0.25, -0.2) is 0 Å². The lowest BCUT2D eigenvalue weighted by Crippen LogP contribution is -2.23. The second-order valence-corrected chi connectivity index (χ2v) is 4.61. The zero-order valence-electron chi connectivity index (χ0n) is 7.60. The zero-order chi connectivity index (χ0) is 11.3. The molecule has 2 nitrogen and oxygen atoms in total. The number of halogens is 4. The maximum absolute atomic E-state index is 11.6. The second kappa shape index (κ2) is 5.83. The van der Waals surface area contributed by atoms with Gasteiger partial charge in [0.25, 0.3) is 0 Å². The van der Waals surface area contributed by atoms with E-state index < -0.39 is 6.36 Å². The Morgan fingerprint density at radius 2 is 2.20 bits per heavy atom. The van der Waals surface area contributed by atoms with Gasteiger partial charge in [-0.3, -0.25) is 4.74 Å². The highest BCUT2D eigenvalue weighted by Gasteiger charge is 2.28. The molecule has 0 saturated carbocycles. The first-order valence-electron chi connectivity index (χ1n) is 4.12. The summed E-state index contributed by atoms with van der Waals surface area (Å²) in [5, 5.41) is 4.77. The van der Waals surface area contributed by atoms with Crippen molar-refractivity contribution in [3.63, 3.8) is 0 Å². The van der Waals surface area contributed by atoms with Crippen molar-refractivity contribution >= 4 is 27.3 Å². The molecule has 1 aromatic rings. The van der Waals surface area contributed by atoms with Crippen molar-refractivity contribution in [3.05, 3.63) is 20.8 Å². The number of alkyl halides is 3. The normalized spacial score (nSPS) is 12.0. The van der Waals surface area contributed by atoms with Crippen LogP contribution in [0.2, 0.25) is 0 Å². The van der Waals surface area contributed by atoms with E-state index >= 15 is 0 Å². The Bertz CT molecular complexity index is 302. The summed E-state index contributed by atoms with van der Waals surface area (Å²) in [6.07, 6.45) is -4.53. The molecule has 0 saturated heterocycles. The van der Waals surface area contributed by atoms with Crippen LogP contribution in [0.15, 0.2) is 15.9 Å². The van der Waals surface area contributed by atoms with Gasteiger partial charge in [0.15, 0.2) is 0 Å². The molecule has 1 aromatic heterocycles. The highest BCUT2D eigenvalue weighted by atomic mass is 79.9. The zero-order valence-corrected chi connectivity index (χ0v) is 10.0. The highest BCUT2D eigenvalue weighted by molar-refractivity contribution is 9.10. The van der Waals surface area contributed by atoms with E-state index in [9.17, 15) is 13.2 Å². The number of hydrogen-bond acceptors (Lipinski definition) is 3. The lowest BCUT2D eigenvalue weighted by molar-refractivity contribution is -0.323. The van der Waals surface area contributed by atoms with Crippen molar-refractivity contribution in [2.75, 3.05) is 13.2 Å². The molecule has 0 fully saturated rings. The molecule has 1 heterocycles. The SMILES string of the molecule is FC(F)(F)OCCNCc1cc(Br)cs1. The van der Waals surface area contributed by atoms with Crippen molar-refractivity contribution in [2.45, 2.75) is 12.9 Å². The van der Waals surface area contributed by atoms with E-state index in [0.29, 0.717) is 6.54 Å². The van der Waals surface area contributed by atoms with Gasteiger partial charge in [-0.2, -0.15) is 0 Å². The molecule has 0 amide bonds. The third kappa shape index (κ3) is 6.14. The van der Waals surface area contributed by atoms with Crippen molar-refractivity contribution in [1.29, 1.82) is 0 Å². The highest BCUT2D eigenvalue weighted by Crippen LogP contribution is 2.19. The third-order valence-corrected chi connectivity index (χ3v) is 3.16. The topological polar surface area (TPSA) is 21.3 Å². The first-order chi connectivity index (χ1) is 6.97. The van der Waals surface area contributed by atoms with Gasteiger partial charge in [0, 0.05) is 27.8 Å². The standard InChI is InChI=1S/C8H9BrF3NOS/c9-6-3-7(15-5-6)4-13-1-2-14-8(10,11)12/h3,5,13H,1-2,4H2. The third-order valence-electron chi connectivity index (χ3n) is 1.47. The van der Waals surface area contributed by atoms with Gasteiger partial charge in [0.2, 0.25) is 0 Å². The van der Waals surface area contributed by atoms with E-state index in [1.54, 1.807) is 11.3 Å². The van der Waals surface area contributed by atoms with Crippen molar-refractivity contribution in [3.8, 4) is 0 Å². The molecule has 0 aromatic carbocycles. The molecule has 0 unspecified atom stereocenters. The van der Waals surface area contributed by atoms with Crippen LogP contribution >= 0.6 is 27.3 Å². The van der Waals surface area contributed by atoms with Crippen LogP contribution in [0.5, 0.6) is 0 Å². The summed E-state index contributed by atoms with van der Waals surface area (Å²) in [4.78, 5) is 1.06. The second-order valence-electron chi connectivity index (χ2n) is 2.70. The van der Waals surface area contributed by atoms with Crippen molar-refractivity contribution in [2.24, 2.45) is 0 Å².